The van der Waals surface area contributed by atoms with E-state index in [9.17, 15) is 4.79 Å². The molecule has 1 amide bonds. The van der Waals surface area contributed by atoms with Gasteiger partial charge in [-0.3, -0.25) is 4.79 Å². The lowest BCUT2D eigenvalue weighted by Gasteiger charge is -2.14. The van der Waals surface area contributed by atoms with Gasteiger partial charge in [0.25, 0.3) is 0 Å². The Balaban J connectivity index is 2.48. The second-order valence-corrected chi connectivity index (χ2v) is 4.84. The highest BCUT2D eigenvalue weighted by Crippen LogP contribution is 2.14. The van der Waals surface area contributed by atoms with Crippen LogP contribution in [-0.2, 0) is 4.79 Å². The summed E-state index contributed by atoms with van der Waals surface area (Å²) in [6, 6.07) is -0.141. The van der Waals surface area contributed by atoms with Crippen LogP contribution in [-0.4, -0.2) is 28.2 Å². The number of hydrogen-bond acceptors (Lipinski definition) is 5. The Bertz CT molecular complexity index is 337. The molecule has 0 aromatic carbocycles. The Hall–Kier alpha value is -1.17. The van der Waals surface area contributed by atoms with Gasteiger partial charge < -0.3 is 10.6 Å². The number of hydrogen-bond donors (Lipinski definition) is 2. The van der Waals surface area contributed by atoms with Gasteiger partial charge in [-0.1, -0.05) is 11.3 Å². The molecule has 0 bridgehead atoms. The molecule has 1 aromatic heterocycles. The van der Waals surface area contributed by atoms with Crippen LogP contribution < -0.4 is 10.6 Å². The van der Waals surface area contributed by atoms with E-state index in [1.165, 1.54) is 11.3 Å². The second-order valence-electron chi connectivity index (χ2n) is 3.66. The van der Waals surface area contributed by atoms with E-state index in [2.05, 4.69) is 20.8 Å². The van der Waals surface area contributed by atoms with Crippen molar-refractivity contribution in [2.75, 3.05) is 5.32 Å². The molecule has 1 rings (SSSR count). The van der Waals surface area contributed by atoms with Gasteiger partial charge in [0, 0.05) is 6.04 Å². The van der Waals surface area contributed by atoms with Crippen molar-refractivity contribution in [1.82, 2.24) is 15.5 Å². The summed E-state index contributed by atoms with van der Waals surface area (Å²) in [6.07, 6.45) is 0. The molecule has 0 saturated carbocycles. The van der Waals surface area contributed by atoms with Gasteiger partial charge in [-0.05, 0) is 27.7 Å². The molecule has 84 valence electrons. The number of aryl methyl sites for hydroxylation is 1. The molecule has 1 unspecified atom stereocenters. The highest BCUT2D eigenvalue weighted by molar-refractivity contribution is 7.15. The fraction of sp³-hybridized carbons (Fsp3) is 0.667. The molecular weight excluding hydrogens is 212 g/mol. The highest BCUT2D eigenvalue weighted by atomic mass is 32.1. The molecule has 0 aliphatic carbocycles. The third-order valence-electron chi connectivity index (χ3n) is 1.69. The minimum Gasteiger partial charge on any atom is -0.352 e. The van der Waals surface area contributed by atoms with Crippen molar-refractivity contribution in [3.05, 3.63) is 5.01 Å². The molecule has 15 heavy (non-hydrogen) atoms. The zero-order chi connectivity index (χ0) is 11.4. The van der Waals surface area contributed by atoms with Crippen molar-refractivity contribution >= 4 is 22.4 Å². The van der Waals surface area contributed by atoms with Crippen molar-refractivity contribution in [3.63, 3.8) is 0 Å². The van der Waals surface area contributed by atoms with E-state index >= 15 is 0 Å². The summed E-state index contributed by atoms with van der Waals surface area (Å²) < 4.78 is 0. The zero-order valence-electron chi connectivity index (χ0n) is 9.37. The summed E-state index contributed by atoms with van der Waals surface area (Å²) >= 11 is 1.44. The normalized spacial score (nSPS) is 12.6. The molecule has 0 radical (unpaired) electrons. The Morgan fingerprint density at radius 3 is 2.47 bits per heavy atom. The predicted octanol–water partition coefficient (Wildman–Crippen LogP) is 1.17. The van der Waals surface area contributed by atoms with Gasteiger partial charge in [-0.15, -0.1) is 10.2 Å². The number of nitrogens with zero attached hydrogens (tertiary/aromatic N) is 2. The molecule has 0 spiro atoms. The Morgan fingerprint density at radius 2 is 2.00 bits per heavy atom. The molecule has 0 fully saturated rings. The van der Waals surface area contributed by atoms with Gasteiger partial charge in [-0.2, -0.15) is 0 Å². The first-order chi connectivity index (χ1) is 6.99. The van der Waals surface area contributed by atoms with Crippen molar-refractivity contribution in [2.24, 2.45) is 0 Å². The topological polar surface area (TPSA) is 66.9 Å². The van der Waals surface area contributed by atoms with Crippen LogP contribution in [0.4, 0.5) is 5.13 Å². The average molecular weight is 228 g/mol. The van der Waals surface area contributed by atoms with Crippen LogP contribution >= 0.6 is 11.3 Å². The maximum atomic E-state index is 11.5. The minimum absolute atomic E-state index is 0.0298. The molecule has 2 N–H and O–H groups in total. The summed E-state index contributed by atoms with van der Waals surface area (Å²) in [6.45, 7) is 7.54. The minimum atomic E-state index is -0.292. The first-order valence-corrected chi connectivity index (χ1v) is 5.67. The quantitative estimate of drug-likeness (QED) is 0.812. The number of carbonyl (C=O) groups is 1. The number of amides is 1. The predicted molar refractivity (Wildman–Crippen MR) is 61.0 cm³/mol. The monoisotopic (exact) mass is 228 g/mol. The van der Waals surface area contributed by atoms with Crippen LogP contribution in [0.2, 0.25) is 0 Å². The molecule has 1 heterocycles. The van der Waals surface area contributed by atoms with E-state index in [1.807, 2.05) is 20.8 Å². The number of rotatable bonds is 4. The molecule has 5 nitrogen and oxygen atoms in total. The Labute approximate surface area is 93.3 Å². The lowest BCUT2D eigenvalue weighted by Crippen LogP contribution is -2.40. The number of nitrogens with one attached hydrogen (secondary N) is 2. The number of carbonyl (C=O) groups excluding carboxylic acids is 1. The van der Waals surface area contributed by atoms with Gasteiger partial charge in [-0.25, -0.2) is 0 Å². The summed E-state index contributed by atoms with van der Waals surface area (Å²) in [7, 11) is 0. The Kier molecular flexibility index (Phi) is 4.02. The number of aromatic nitrogens is 2. The fourth-order valence-corrected chi connectivity index (χ4v) is 1.69. The summed E-state index contributed by atoms with van der Waals surface area (Å²) in [4.78, 5) is 11.5. The molecule has 0 aliphatic rings. The SMILES string of the molecule is Cc1nnc(NC(C)C(=O)NC(C)C)s1. The first-order valence-electron chi connectivity index (χ1n) is 4.86. The van der Waals surface area contributed by atoms with E-state index in [4.69, 9.17) is 0 Å². The summed E-state index contributed by atoms with van der Waals surface area (Å²) in [5.41, 5.74) is 0. The standard InChI is InChI=1S/C9H16N4OS/c1-5(2)10-8(14)6(3)11-9-13-12-7(4)15-9/h5-6H,1-4H3,(H,10,14)(H,11,13). The maximum absolute atomic E-state index is 11.5. The third kappa shape index (κ3) is 3.83. The van der Waals surface area contributed by atoms with Gasteiger partial charge in [0.05, 0.1) is 0 Å². The van der Waals surface area contributed by atoms with Crippen LogP contribution in [0, 0.1) is 6.92 Å². The Morgan fingerprint density at radius 1 is 1.33 bits per heavy atom. The van der Waals surface area contributed by atoms with E-state index in [0.717, 1.165) is 5.01 Å². The summed E-state index contributed by atoms with van der Waals surface area (Å²) in [5.74, 6) is -0.0298. The second kappa shape index (κ2) is 5.06. The molecule has 0 aliphatic heterocycles. The van der Waals surface area contributed by atoms with Crippen LogP contribution in [0.15, 0.2) is 0 Å². The lowest BCUT2D eigenvalue weighted by atomic mass is 10.3. The van der Waals surface area contributed by atoms with Crippen molar-refractivity contribution in [1.29, 1.82) is 0 Å². The van der Waals surface area contributed by atoms with Gasteiger partial charge in [0.2, 0.25) is 11.0 Å². The number of anilines is 1. The van der Waals surface area contributed by atoms with Gasteiger partial charge in [0.1, 0.15) is 11.0 Å². The molecule has 6 heteroatoms. The first kappa shape index (κ1) is 11.9. The summed E-state index contributed by atoms with van der Waals surface area (Å²) in [5, 5.41) is 15.1. The maximum Gasteiger partial charge on any atom is 0.242 e. The van der Waals surface area contributed by atoms with Crippen molar-refractivity contribution in [3.8, 4) is 0 Å². The lowest BCUT2D eigenvalue weighted by molar-refractivity contribution is -0.122. The smallest absolute Gasteiger partial charge is 0.242 e. The van der Waals surface area contributed by atoms with Gasteiger partial charge >= 0.3 is 0 Å². The fourth-order valence-electron chi connectivity index (χ4n) is 1.02. The molecule has 1 aromatic rings. The highest BCUT2D eigenvalue weighted by Gasteiger charge is 2.14. The van der Waals surface area contributed by atoms with E-state index in [-0.39, 0.29) is 18.0 Å². The van der Waals surface area contributed by atoms with Crippen LogP contribution in [0.3, 0.4) is 0 Å². The van der Waals surface area contributed by atoms with Gasteiger partial charge in [0.15, 0.2) is 0 Å². The van der Waals surface area contributed by atoms with Crippen molar-refractivity contribution < 1.29 is 4.79 Å². The molecule has 0 saturated heterocycles. The molecular formula is C9H16N4OS. The van der Waals surface area contributed by atoms with Crippen LogP contribution in [0.1, 0.15) is 25.8 Å². The largest absolute Gasteiger partial charge is 0.352 e. The zero-order valence-corrected chi connectivity index (χ0v) is 10.2. The van der Waals surface area contributed by atoms with E-state index < -0.39 is 0 Å². The van der Waals surface area contributed by atoms with Crippen molar-refractivity contribution in [2.45, 2.75) is 39.8 Å². The third-order valence-corrected chi connectivity index (χ3v) is 2.46. The average Bonchev–Trinajstić information content (AvgIpc) is 2.50. The van der Waals surface area contributed by atoms with E-state index in [0.29, 0.717) is 5.13 Å². The van der Waals surface area contributed by atoms with Crippen LogP contribution in [0.25, 0.3) is 0 Å². The van der Waals surface area contributed by atoms with Crippen LogP contribution in [0.5, 0.6) is 0 Å². The van der Waals surface area contributed by atoms with E-state index in [1.54, 1.807) is 6.92 Å². The molecule has 1 atom stereocenters.